The van der Waals surface area contributed by atoms with Gasteiger partial charge in [-0.1, -0.05) is 26.2 Å². The Kier molecular flexibility index (Phi) is 10.8. The van der Waals surface area contributed by atoms with Crippen LogP contribution in [-0.4, -0.2) is 11.8 Å². The number of carboxylic acid groups (broad SMARTS) is 1. The Balaban J connectivity index is 0. The Bertz CT molecular complexity index is 145. The van der Waals surface area contributed by atoms with Crippen molar-refractivity contribution in [2.45, 2.75) is 39.0 Å². The summed E-state index contributed by atoms with van der Waals surface area (Å²) in [7, 11) is 0. The van der Waals surface area contributed by atoms with Crippen molar-refractivity contribution >= 4 is 11.8 Å². The molecule has 0 heterocycles. The van der Waals surface area contributed by atoms with Gasteiger partial charge in [-0.3, -0.25) is 4.79 Å². The number of rotatable bonds is 6. The molecule has 3 nitrogen and oxygen atoms in total. The first-order valence-electron chi connectivity index (χ1n) is 3.92. The Morgan fingerprint density at radius 1 is 1.17 bits per heavy atom. The van der Waals surface area contributed by atoms with Gasteiger partial charge < -0.3 is 9.90 Å². The molecule has 0 bridgehead atoms. The third-order valence-electron chi connectivity index (χ3n) is 1.49. The fraction of sp³-hybridized carbons (Fsp3) is 0.750. The van der Waals surface area contributed by atoms with Gasteiger partial charge in [-0.05, 0) is 6.42 Å². The van der Waals surface area contributed by atoms with Crippen LogP contribution in [0.2, 0.25) is 0 Å². The third-order valence-corrected chi connectivity index (χ3v) is 1.49. The summed E-state index contributed by atoms with van der Waals surface area (Å²) in [5.41, 5.74) is 0. The van der Waals surface area contributed by atoms with E-state index in [4.69, 9.17) is 0 Å². The molecule has 0 aromatic rings. The molecule has 0 aliphatic heterocycles. The average Bonchev–Trinajstić information content (AvgIpc) is 1.97. The van der Waals surface area contributed by atoms with Gasteiger partial charge in [0, 0.05) is 6.42 Å². The van der Waals surface area contributed by atoms with Gasteiger partial charge in [0.25, 0.3) is 0 Å². The number of carbonyl (C=O) groups is 2. The van der Waals surface area contributed by atoms with E-state index in [0.717, 1.165) is 19.3 Å². The Morgan fingerprint density at radius 2 is 1.75 bits per heavy atom. The molecule has 0 atom stereocenters. The molecule has 0 aromatic carbocycles. The minimum absolute atomic E-state index is 0. The van der Waals surface area contributed by atoms with Crippen molar-refractivity contribution in [3.05, 3.63) is 0 Å². The number of carbonyl (C=O) groups excluding carboxylic acids is 2. The Labute approximate surface area is 88.0 Å². The Morgan fingerprint density at radius 3 is 2.17 bits per heavy atom. The number of ketones is 1. The number of hydrogen-bond acceptors (Lipinski definition) is 3. The first-order valence-corrected chi connectivity index (χ1v) is 3.92. The summed E-state index contributed by atoms with van der Waals surface area (Å²) in [6, 6.07) is 0. The molecule has 4 heteroatoms. The summed E-state index contributed by atoms with van der Waals surface area (Å²) in [5.74, 6) is -2.33. The van der Waals surface area contributed by atoms with Gasteiger partial charge in [-0.25, -0.2) is 0 Å². The van der Waals surface area contributed by atoms with E-state index in [2.05, 4.69) is 6.92 Å². The monoisotopic (exact) mass is 264 g/mol. The molecule has 0 saturated heterocycles. The average molecular weight is 265 g/mol. The van der Waals surface area contributed by atoms with Crippen LogP contribution in [0.15, 0.2) is 0 Å². The maximum absolute atomic E-state index is 10.4. The largest absolute Gasteiger partial charge is 1.00 e. The van der Waals surface area contributed by atoms with Gasteiger partial charge in [-0.2, -0.15) is 0 Å². The van der Waals surface area contributed by atoms with E-state index in [1.54, 1.807) is 0 Å². The van der Waals surface area contributed by atoms with Crippen LogP contribution in [0.4, 0.5) is 0 Å². The molecular formula is C8H13AgO3. The second-order valence-electron chi connectivity index (χ2n) is 2.52. The molecule has 0 fully saturated rings. The standard InChI is InChI=1S/C8H14O3.Ag/c1-2-3-4-5-6-7(9)8(10)11;/h2-6H2,1H3,(H,10,11);/q;+1/p-1. The van der Waals surface area contributed by atoms with Crippen molar-refractivity contribution in [2.75, 3.05) is 0 Å². The van der Waals surface area contributed by atoms with Crippen LogP contribution in [0.25, 0.3) is 0 Å². The third kappa shape index (κ3) is 7.98. The van der Waals surface area contributed by atoms with Gasteiger partial charge in [-0.15, -0.1) is 0 Å². The van der Waals surface area contributed by atoms with Gasteiger partial charge in [0.2, 0.25) is 0 Å². The molecular weight excluding hydrogens is 252 g/mol. The van der Waals surface area contributed by atoms with Crippen molar-refractivity contribution in [3.8, 4) is 0 Å². The minimum atomic E-state index is -1.55. The summed E-state index contributed by atoms with van der Waals surface area (Å²) in [6.45, 7) is 2.06. The SMILES string of the molecule is CCCCCCC(=O)C(=O)[O-].[Ag+]. The van der Waals surface area contributed by atoms with Crippen LogP contribution in [-0.2, 0) is 32.0 Å². The molecule has 0 aromatic heterocycles. The molecule has 0 aliphatic rings. The van der Waals surface area contributed by atoms with E-state index in [0.29, 0.717) is 6.42 Å². The van der Waals surface area contributed by atoms with Crippen LogP contribution < -0.4 is 5.11 Å². The van der Waals surface area contributed by atoms with Crippen LogP contribution in [0, 0.1) is 0 Å². The normalized spacial score (nSPS) is 8.75. The van der Waals surface area contributed by atoms with Gasteiger partial charge in [0.15, 0.2) is 5.78 Å². The molecule has 0 N–H and O–H groups in total. The maximum Gasteiger partial charge on any atom is 1.00 e. The smallest absolute Gasteiger partial charge is 0.542 e. The fourth-order valence-corrected chi connectivity index (χ4v) is 0.814. The molecule has 74 valence electrons. The van der Waals surface area contributed by atoms with Crippen LogP contribution >= 0.6 is 0 Å². The van der Waals surface area contributed by atoms with E-state index >= 15 is 0 Å². The van der Waals surface area contributed by atoms with Gasteiger partial charge in [0.05, 0.1) is 0 Å². The minimum Gasteiger partial charge on any atom is -0.542 e. The molecule has 0 rings (SSSR count). The first kappa shape index (κ1) is 14.4. The van der Waals surface area contributed by atoms with Crippen molar-refractivity contribution in [3.63, 3.8) is 0 Å². The van der Waals surface area contributed by atoms with E-state index in [1.807, 2.05) is 0 Å². The Hall–Kier alpha value is -0.120. The number of hydrogen-bond donors (Lipinski definition) is 0. The molecule has 0 radical (unpaired) electrons. The molecule has 0 spiro atoms. The first-order chi connectivity index (χ1) is 5.18. The molecule has 0 amide bonds. The van der Waals surface area contributed by atoms with Crippen LogP contribution in [0.1, 0.15) is 39.0 Å². The predicted molar refractivity (Wildman–Crippen MR) is 38.8 cm³/mol. The predicted octanol–water partition coefficient (Wildman–Crippen LogP) is 0.273. The molecule has 0 saturated carbocycles. The number of unbranched alkanes of at least 4 members (excludes halogenated alkanes) is 3. The summed E-state index contributed by atoms with van der Waals surface area (Å²) >= 11 is 0. The van der Waals surface area contributed by atoms with Crippen molar-refractivity contribution in [1.82, 2.24) is 0 Å². The second-order valence-corrected chi connectivity index (χ2v) is 2.52. The summed E-state index contributed by atoms with van der Waals surface area (Å²) in [6.07, 6.45) is 3.86. The van der Waals surface area contributed by atoms with Gasteiger partial charge >= 0.3 is 22.4 Å². The summed E-state index contributed by atoms with van der Waals surface area (Å²) in [4.78, 5) is 20.3. The number of Topliss-reactive ketones (excluding diaryl/α,β-unsaturated/α-hetero) is 1. The summed E-state index contributed by atoms with van der Waals surface area (Å²) < 4.78 is 0. The van der Waals surface area contributed by atoms with E-state index in [9.17, 15) is 14.7 Å². The van der Waals surface area contributed by atoms with E-state index in [-0.39, 0.29) is 28.8 Å². The van der Waals surface area contributed by atoms with E-state index < -0.39 is 11.8 Å². The van der Waals surface area contributed by atoms with Crippen molar-refractivity contribution in [1.29, 1.82) is 0 Å². The topological polar surface area (TPSA) is 57.2 Å². The van der Waals surface area contributed by atoms with Gasteiger partial charge in [0.1, 0.15) is 5.97 Å². The van der Waals surface area contributed by atoms with Crippen molar-refractivity contribution in [2.24, 2.45) is 0 Å². The molecule has 12 heavy (non-hydrogen) atoms. The van der Waals surface area contributed by atoms with Crippen LogP contribution in [0.3, 0.4) is 0 Å². The second kappa shape index (κ2) is 8.97. The van der Waals surface area contributed by atoms with E-state index in [1.165, 1.54) is 0 Å². The zero-order chi connectivity index (χ0) is 8.69. The van der Waals surface area contributed by atoms with Crippen LogP contribution in [0.5, 0.6) is 0 Å². The van der Waals surface area contributed by atoms with Crippen molar-refractivity contribution < 1.29 is 37.1 Å². The quantitative estimate of drug-likeness (QED) is 0.393. The number of carboxylic acids is 1. The maximum atomic E-state index is 10.4. The zero-order valence-electron chi connectivity index (χ0n) is 7.06. The molecule has 0 unspecified atom stereocenters. The molecule has 0 aliphatic carbocycles. The number of aliphatic carboxylic acids is 1. The fourth-order valence-electron chi connectivity index (χ4n) is 0.814. The summed E-state index contributed by atoms with van der Waals surface area (Å²) in [5, 5.41) is 9.90. The zero-order valence-corrected chi connectivity index (χ0v) is 8.54.